The molecule has 1 N–H and O–H groups in total. The molecule has 0 amide bonds. The summed E-state index contributed by atoms with van der Waals surface area (Å²) in [6.45, 7) is 4.33. The van der Waals surface area contributed by atoms with E-state index in [9.17, 15) is 9.50 Å². The Bertz CT molecular complexity index is 908. The summed E-state index contributed by atoms with van der Waals surface area (Å²) < 4.78 is 15.2. The zero-order chi connectivity index (χ0) is 19.0. The van der Waals surface area contributed by atoms with Crippen LogP contribution in [0.15, 0.2) is 48.9 Å². The number of hydrogen-bond acceptors (Lipinski definition) is 2. The number of hydrogen-bond donors (Lipinski definition) is 1. The summed E-state index contributed by atoms with van der Waals surface area (Å²) in [5.41, 5.74) is 4.41. The summed E-state index contributed by atoms with van der Waals surface area (Å²) in [4.78, 5) is 4.27. The second-order valence-electron chi connectivity index (χ2n) is 8.13. The van der Waals surface area contributed by atoms with E-state index in [4.69, 9.17) is 0 Å². The smallest absolute Gasteiger partial charge is 0.123 e. The molecule has 0 aliphatic heterocycles. The second kappa shape index (κ2) is 7.43. The van der Waals surface area contributed by atoms with Crippen molar-refractivity contribution in [3.63, 3.8) is 0 Å². The maximum Gasteiger partial charge on any atom is 0.123 e. The average molecular weight is 366 g/mol. The fourth-order valence-electron chi connectivity index (χ4n) is 4.56. The monoisotopic (exact) mass is 366 g/mol. The van der Waals surface area contributed by atoms with Crippen molar-refractivity contribution < 1.29 is 9.50 Å². The van der Waals surface area contributed by atoms with E-state index in [0.717, 1.165) is 36.9 Å². The number of halogens is 1. The molecule has 0 spiro atoms. The molecule has 1 aromatic carbocycles. The highest BCUT2D eigenvalue weighted by molar-refractivity contribution is 5.49. The van der Waals surface area contributed by atoms with Crippen molar-refractivity contribution in [3.05, 3.63) is 71.6 Å². The predicted molar refractivity (Wildman–Crippen MR) is 105 cm³/mol. The number of aliphatic hydroxyl groups excluding tert-OH is 1. The van der Waals surface area contributed by atoms with E-state index in [-0.39, 0.29) is 11.7 Å². The number of aromatic nitrogens is 2. The summed E-state index contributed by atoms with van der Waals surface area (Å²) in [5, 5.41) is 11.3. The van der Waals surface area contributed by atoms with Crippen molar-refractivity contribution in [1.29, 1.82) is 0 Å². The second-order valence-corrected chi connectivity index (χ2v) is 8.13. The van der Waals surface area contributed by atoms with E-state index in [2.05, 4.69) is 31.0 Å². The maximum absolute atomic E-state index is 13.2. The number of pyridine rings is 1. The Morgan fingerprint density at radius 2 is 1.74 bits per heavy atom. The molecule has 0 bridgehead atoms. The Kier molecular flexibility index (Phi) is 5.00. The number of benzene rings is 1. The summed E-state index contributed by atoms with van der Waals surface area (Å²) >= 11 is 0. The molecular weight excluding hydrogens is 339 g/mol. The van der Waals surface area contributed by atoms with Crippen molar-refractivity contribution >= 4 is 5.52 Å². The number of imidazole rings is 1. The third kappa shape index (κ3) is 3.51. The van der Waals surface area contributed by atoms with Gasteiger partial charge in [0, 0.05) is 0 Å². The van der Waals surface area contributed by atoms with Gasteiger partial charge in [-0.2, -0.15) is 0 Å². The van der Waals surface area contributed by atoms with Crippen molar-refractivity contribution in [2.45, 2.75) is 57.5 Å². The van der Waals surface area contributed by atoms with Crippen LogP contribution in [0.5, 0.6) is 0 Å². The SMILES string of the molecule is CC(C)c1ccc2cncn2c1[C@@H](O)[C@H]1CC[C@H](c2ccc(F)cc2)CC1. The van der Waals surface area contributed by atoms with Crippen molar-refractivity contribution in [2.75, 3.05) is 0 Å². The van der Waals surface area contributed by atoms with E-state index in [1.54, 1.807) is 12.1 Å². The largest absolute Gasteiger partial charge is 0.387 e. The van der Waals surface area contributed by atoms with Crippen molar-refractivity contribution in [2.24, 2.45) is 5.92 Å². The Morgan fingerprint density at radius 3 is 2.41 bits per heavy atom. The Labute approximate surface area is 159 Å². The lowest BCUT2D eigenvalue weighted by Crippen LogP contribution is -2.22. The molecule has 0 unspecified atom stereocenters. The predicted octanol–water partition coefficient (Wildman–Crippen LogP) is 5.60. The molecule has 2 aromatic heterocycles. The van der Waals surface area contributed by atoms with Crippen LogP contribution in [-0.2, 0) is 0 Å². The van der Waals surface area contributed by atoms with Gasteiger partial charge in [-0.1, -0.05) is 32.0 Å². The lowest BCUT2D eigenvalue weighted by atomic mass is 9.75. The number of rotatable bonds is 4. The molecule has 3 aromatic rings. The van der Waals surface area contributed by atoms with E-state index in [0.29, 0.717) is 11.8 Å². The zero-order valence-electron chi connectivity index (χ0n) is 16.0. The van der Waals surface area contributed by atoms with Gasteiger partial charge in [0.2, 0.25) is 0 Å². The summed E-state index contributed by atoms with van der Waals surface area (Å²) in [5.74, 6) is 0.865. The van der Waals surface area contributed by atoms with Crippen LogP contribution in [0.25, 0.3) is 5.52 Å². The molecule has 1 fully saturated rings. The minimum absolute atomic E-state index is 0.183. The average Bonchev–Trinajstić information content (AvgIpc) is 3.16. The van der Waals surface area contributed by atoms with Gasteiger partial charge in [-0.25, -0.2) is 9.37 Å². The van der Waals surface area contributed by atoms with Crippen LogP contribution < -0.4 is 0 Å². The normalized spacial score (nSPS) is 21.7. The first-order chi connectivity index (χ1) is 13.0. The minimum atomic E-state index is -0.491. The Balaban J connectivity index is 1.55. The van der Waals surface area contributed by atoms with Gasteiger partial charge in [-0.3, -0.25) is 0 Å². The molecule has 1 atom stereocenters. The molecule has 0 saturated heterocycles. The molecule has 27 heavy (non-hydrogen) atoms. The minimum Gasteiger partial charge on any atom is -0.387 e. The Hall–Kier alpha value is -2.20. The van der Waals surface area contributed by atoms with Crippen LogP contribution in [0, 0.1) is 11.7 Å². The van der Waals surface area contributed by atoms with Gasteiger partial charge < -0.3 is 9.51 Å². The van der Waals surface area contributed by atoms with E-state index in [1.165, 1.54) is 11.1 Å². The van der Waals surface area contributed by atoms with Crippen LogP contribution in [0.2, 0.25) is 0 Å². The molecule has 4 heteroatoms. The third-order valence-electron chi connectivity index (χ3n) is 6.12. The van der Waals surface area contributed by atoms with Gasteiger partial charge >= 0.3 is 0 Å². The number of nitrogens with zero attached hydrogens (tertiary/aromatic N) is 2. The first-order valence-electron chi connectivity index (χ1n) is 9.93. The van der Waals surface area contributed by atoms with E-state index < -0.39 is 6.10 Å². The van der Waals surface area contributed by atoms with Gasteiger partial charge in [0.25, 0.3) is 0 Å². The van der Waals surface area contributed by atoms with Crippen LogP contribution in [-0.4, -0.2) is 14.5 Å². The molecule has 0 radical (unpaired) electrons. The maximum atomic E-state index is 13.2. The van der Waals surface area contributed by atoms with Gasteiger partial charge in [-0.15, -0.1) is 0 Å². The molecule has 2 heterocycles. The molecule has 1 aliphatic carbocycles. The van der Waals surface area contributed by atoms with Gasteiger partial charge in [-0.05, 0) is 72.8 Å². The molecule has 1 saturated carbocycles. The van der Waals surface area contributed by atoms with Gasteiger partial charge in [0.05, 0.1) is 29.8 Å². The molecular formula is C23H27FN2O. The van der Waals surface area contributed by atoms with Gasteiger partial charge in [0.15, 0.2) is 0 Å². The highest BCUT2D eigenvalue weighted by Crippen LogP contribution is 2.42. The quantitative estimate of drug-likeness (QED) is 0.652. The third-order valence-corrected chi connectivity index (χ3v) is 6.12. The van der Waals surface area contributed by atoms with Gasteiger partial charge in [0.1, 0.15) is 5.82 Å². The lowest BCUT2D eigenvalue weighted by Gasteiger charge is -2.33. The first-order valence-corrected chi connectivity index (χ1v) is 9.93. The highest BCUT2D eigenvalue weighted by atomic mass is 19.1. The highest BCUT2D eigenvalue weighted by Gasteiger charge is 2.31. The van der Waals surface area contributed by atoms with Crippen molar-refractivity contribution in [1.82, 2.24) is 9.38 Å². The van der Waals surface area contributed by atoms with E-state index in [1.807, 2.05) is 29.1 Å². The van der Waals surface area contributed by atoms with Crippen molar-refractivity contribution in [3.8, 4) is 0 Å². The lowest BCUT2D eigenvalue weighted by molar-refractivity contribution is 0.0752. The van der Waals surface area contributed by atoms with E-state index >= 15 is 0 Å². The van der Waals surface area contributed by atoms with Crippen LogP contribution in [0.4, 0.5) is 4.39 Å². The number of aliphatic hydroxyl groups is 1. The molecule has 3 nitrogen and oxygen atoms in total. The fourth-order valence-corrected chi connectivity index (χ4v) is 4.56. The summed E-state index contributed by atoms with van der Waals surface area (Å²) in [7, 11) is 0. The van der Waals surface area contributed by atoms with Crippen LogP contribution in [0.1, 0.15) is 74.3 Å². The zero-order valence-corrected chi connectivity index (χ0v) is 16.0. The Morgan fingerprint density at radius 1 is 1.04 bits per heavy atom. The molecule has 4 rings (SSSR count). The first kappa shape index (κ1) is 18.2. The summed E-state index contributed by atoms with van der Waals surface area (Å²) in [6, 6.07) is 11.1. The molecule has 1 aliphatic rings. The fraction of sp³-hybridized carbons (Fsp3) is 0.435. The number of fused-ring (bicyclic) bond motifs is 1. The topological polar surface area (TPSA) is 37.5 Å². The van der Waals surface area contributed by atoms with Crippen LogP contribution in [0.3, 0.4) is 0 Å². The van der Waals surface area contributed by atoms with Crippen LogP contribution >= 0.6 is 0 Å². The molecule has 142 valence electrons. The summed E-state index contributed by atoms with van der Waals surface area (Å²) in [6.07, 6.45) is 7.18. The standard InChI is InChI=1S/C23H27FN2O/c1-15(2)21-12-11-20-13-25-14-26(20)22(21)23(27)18-5-3-16(4-6-18)17-7-9-19(24)10-8-17/h7-16,18,23,27H,3-6H2,1-2H3/t16-,18-,23-/m0/s1.